The van der Waals surface area contributed by atoms with E-state index in [9.17, 15) is 9.18 Å². The second-order valence-electron chi connectivity index (χ2n) is 3.01. The van der Waals surface area contributed by atoms with Gasteiger partial charge in [0.25, 0.3) is 0 Å². The van der Waals surface area contributed by atoms with Crippen molar-refractivity contribution in [2.45, 2.75) is 19.4 Å². The molecule has 76 valence electrons. The van der Waals surface area contributed by atoms with Crippen LogP contribution >= 0.6 is 0 Å². The van der Waals surface area contributed by atoms with Crippen molar-refractivity contribution in [1.82, 2.24) is 0 Å². The molecule has 0 aliphatic heterocycles. The molecule has 0 saturated heterocycles. The van der Waals surface area contributed by atoms with E-state index in [1.54, 1.807) is 6.07 Å². The van der Waals surface area contributed by atoms with E-state index in [4.69, 9.17) is 10.8 Å². The molecule has 0 aliphatic carbocycles. The van der Waals surface area contributed by atoms with Crippen LogP contribution in [-0.4, -0.2) is 11.1 Å². The van der Waals surface area contributed by atoms with Crippen molar-refractivity contribution in [3.05, 3.63) is 35.1 Å². The van der Waals surface area contributed by atoms with E-state index in [1.807, 2.05) is 0 Å². The lowest BCUT2D eigenvalue weighted by Gasteiger charge is -2.05. The van der Waals surface area contributed by atoms with Crippen molar-refractivity contribution in [1.29, 1.82) is 0 Å². The van der Waals surface area contributed by atoms with Gasteiger partial charge in [0, 0.05) is 13.0 Å². The quantitative estimate of drug-likeness (QED) is 0.764. The topological polar surface area (TPSA) is 63.3 Å². The lowest BCUT2D eigenvalue weighted by atomic mass is 10.0. The molecule has 3 nitrogen and oxygen atoms in total. The van der Waals surface area contributed by atoms with E-state index in [1.165, 1.54) is 12.1 Å². The summed E-state index contributed by atoms with van der Waals surface area (Å²) in [6, 6.07) is 4.25. The van der Waals surface area contributed by atoms with Crippen LogP contribution in [0.4, 0.5) is 4.39 Å². The Balaban J connectivity index is 2.82. The number of carbonyl (C=O) groups is 1. The third-order valence-electron chi connectivity index (χ3n) is 2.00. The van der Waals surface area contributed by atoms with Gasteiger partial charge in [0.1, 0.15) is 5.82 Å². The average molecular weight is 197 g/mol. The number of aryl methyl sites for hydroxylation is 1. The molecule has 0 amide bonds. The Bertz CT molecular complexity index is 339. The summed E-state index contributed by atoms with van der Waals surface area (Å²) in [6.45, 7) is 0.301. The molecule has 0 fully saturated rings. The molecule has 14 heavy (non-hydrogen) atoms. The second kappa shape index (κ2) is 4.72. The summed E-state index contributed by atoms with van der Waals surface area (Å²) >= 11 is 0. The molecule has 0 bridgehead atoms. The molecule has 0 aromatic heterocycles. The fraction of sp³-hybridized carbons (Fsp3) is 0.300. The van der Waals surface area contributed by atoms with Gasteiger partial charge in [-0.15, -0.1) is 0 Å². The van der Waals surface area contributed by atoms with Gasteiger partial charge in [0.15, 0.2) is 0 Å². The Kier molecular flexibility index (Phi) is 3.59. The monoisotopic (exact) mass is 197 g/mol. The Labute approximate surface area is 81.4 Å². The molecule has 3 N–H and O–H groups in total. The summed E-state index contributed by atoms with van der Waals surface area (Å²) in [4.78, 5) is 10.3. The maximum atomic E-state index is 12.8. The first-order valence-electron chi connectivity index (χ1n) is 4.32. The van der Waals surface area contributed by atoms with Crippen LogP contribution in [0.3, 0.4) is 0 Å². The maximum Gasteiger partial charge on any atom is 0.303 e. The number of rotatable bonds is 4. The number of hydrogen-bond donors (Lipinski definition) is 2. The molecular formula is C10H12FNO2. The van der Waals surface area contributed by atoms with Crippen molar-refractivity contribution in [2.24, 2.45) is 5.73 Å². The zero-order chi connectivity index (χ0) is 10.6. The van der Waals surface area contributed by atoms with Crippen LogP contribution in [0.2, 0.25) is 0 Å². The molecular weight excluding hydrogens is 185 g/mol. The molecule has 1 aromatic carbocycles. The van der Waals surface area contributed by atoms with Gasteiger partial charge in [0.2, 0.25) is 0 Å². The molecule has 1 rings (SSSR count). The van der Waals surface area contributed by atoms with Crippen LogP contribution in [0.25, 0.3) is 0 Å². The first kappa shape index (κ1) is 10.7. The number of carboxylic acids is 1. The molecule has 4 heteroatoms. The van der Waals surface area contributed by atoms with Gasteiger partial charge in [-0.25, -0.2) is 4.39 Å². The van der Waals surface area contributed by atoms with Crippen molar-refractivity contribution in [3.8, 4) is 0 Å². The summed E-state index contributed by atoms with van der Waals surface area (Å²) < 4.78 is 12.8. The number of hydrogen-bond acceptors (Lipinski definition) is 2. The second-order valence-corrected chi connectivity index (χ2v) is 3.01. The number of benzene rings is 1. The van der Waals surface area contributed by atoms with Crippen LogP contribution in [0.15, 0.2) is 18.2 Å². The minimum absolute atomic E-state index is 0.00352. The fourth-order valence-electron chi connectivity index (χ4n) is 1.27. The van der Waals surface area contributed by atoms with E-state index in [0.29, 0.717) is 18.5 Å². The molecule has 0 unspecified atom stereocenters. The molecule has 1 aromatic rings. The number of nitrogens with two attached hydrogens (primary N) is 1. The summed E-state index contributed by atoms with van der Waals surface area (Å²) in [5.41, 5.74) is 6.91. The summed E-state index contributed by atoms with van der Waals surface area (Å²) in [6.07, 6.45) is 0.316. The zero-order valence-electron chi connectivity index (χ0n) is 7.66. The Morgan fingerprint density at radius 2 is 2.14 bits per heavy atom. The normalized spacial score (nSPS) is 10.1. The van der Waals surface area contributed by atoms with Crippen molar-refractivity contribution < 1.29 is 14.3 Å². The lowest BCUT2D eigenvalue weighted by Crippen LogP contribution is -2.04. The number of carboxylic acid groups (broad SMARTS) is 1. The standard InChI is InChI=1S/C10H12FNO2/c11-9-3-1-8(6-12)7(5-9)2-4-10(13)14/h1,3,5H,2,4,6,12H2,(H,13,14). The van der Waals surface area contributed by atoms with E-state index in [0.717, 1.165) is 5.56 Å². The molecule has 0 saturated carbocycles. The minimum atomic E-state index is -0.891. The zero-order valence-corrected chi connectivity index (χ0v) is 7.66. The summed E-state index contributed by atoms with van der Waals surface area (Å²) in [7, 11) is 0. The molecule has 0 atom stereocenters. The van der Waals surface area contributed by atoms with Gasteiger partial charge in [-0.3, -0.25) is 4.79 Å². The minimum Gasteiger partial charge on any atom is -0.481 e. The Morgan fingerprint density at radius 1 is 1.43 bits per heavy atom. The maximum absolute atomic E-state index is 12.8. The van der Waals surface area contributed by atoms with Crippen LogP contribution in [0, 0.1) is 5.82 Å². The van der Waals surface area contributed by atoms with E-state index >= 15 is 0 Å². The summed E-state index contributed by atoms with van der Waals surface area (Å²) in [5.74, 6) is -1.25. The van der Waals surface area contributed by atoms with Crippen molar-refractivity contribution in [2.75, 3.05) is 0 Å². The van der Waals surface area contributed by atoms with E-state index < -0.39 is 5.97 Å². The number of aliphatic carboxylic acids is 1. The third-order valence-corrected chi connectivity index (χ3v) is 2.00. The van der Waals surface area contributed by atoms with Crippen LogP contribution < -0.4 is 5.73 Å². The predicted octanol–water partition coefficient (Wildman–Crippen LogP) is 1.30. The first-order valence-corrected chi connectivity index (χ1v) is 4.32. The predicted molar refractivity (Wildman–Crippen MR) is 50.2 cm³/mol. The van der Waals surface area contributed by atoms with Gasteiger partial charge in [-0.1, -0.05) is 6.07 Å². The fourth-order valence-corrected chi connectivity index (χ4v) is 1.27. The molecule has 0 heterocycles. The van der Waals surface area contributed by atoms with Gasteiger partial charge in [-0.05, 0) is 29.7 Å². The van der Waals surface area contributed by atoms with E-state index in [2.05, 4.69) is 0 Å². The first-order chi connectivity index (χ1) is 6.63. The Hall–Kier alpha value is -1.42. The van der Waals surface area contributed by atoms with Gasteiger partial charge in [-0.2, -0.15) is 0 Å². The van der Waals surface area contributed by atoms with Gasteiger partial charge >= 0.3 is 5.97 Å². The lowest BCUT2D eigenvalue weighted by molar-refractivity contribution is -0.136. The van der Waals surface area contributed by atoms with Crippen LogP contribution in [0.1, 0.15) is 17.5 Å². The highest BCUT2D eigenvalue weighted by molar-refractivity contribution is 5.67. The molecule has 0 spiro atoms. The average Bonchev–Trinajstić information content (AvgIpc) is 2.15. The Morgan fingerprint density at radius 3 is 2.71 bits per heavy atom. The molecule has 0 radical (unpaired) electrons. The smallest absolute Gasteiger partial charge is 0.303 e. The van der Waals surface area contributed by atoms with Gasteiger partial charge in [0.05, 0.1) is 0 Å². The van der Waals surface area contributed by atoms with Crippen molar-refractivity contribution in [3.63, 3.8) is 0 Å². The highest BCUT2D eigenvalue weighted by atomic mass is 19.1. The van der Waals surface area contributed by atoms with E-state index in [-0.39, 0.29) is 12.2 Å². The summed E-state index contributed by atoms with van der Waals surface area (Å²) in [5, 5.41) is 8.48. The van der Waals surface area contributed by atoms with Crippen LogP contribution in [0.5, 0.6) is 0 Å². The number of halogens is 1. The van der Waals surface area contributed by atoms with Crippen molar-refractivity contribution >= 4 is 5.97 Å². The molecule has 0 aliphatic rings. The van der Waals surface area contributed by atoms with Gasteiger partial charge < -0.3 is 10.8 Å². The SMILES string of the molecule is NCc1ccc(F)cc1CCC(=O)O. The third kappa shape index (κ3) is 2.81. The highest BCUT2D eigenvalue weighted by Crippen LogP contribution is 2.12. The largest absolute Gasteiger partial charge is 0.481 e. The highest BCUT2D eigenvalue weighted by Gasteiger charge is 2.05. The van der Waals surface area contributed by atoms with Crippen LogP contribution in [-0.2, 0) is 17.8 Å².